The smallest absolute Gasteiger partial charge is 0.490 e. The Labute approximate surface area is 176 Å². The number of carboxylic acids is 1. The summed E-state index contributed by atoms with van der Waals surface area (Å²) in [6, 6.07) is 10.2. The number of nitrogens with two attached hydrogens (primary N) is 1. The second-order valence-corrected chi connectivity index (χ2v) is 7.13. The Hall–Kier alpha value is -3.43. The number of nitrogens with zero attached hydrogens (tertiary/aromatic N) is 1. The van der Waals surface area contributed by atoms with Gasteiger partial charge in [-0.25, -0.2) is 9.59 Å². The summed E-state index contributed by atoms with van der Waals surface area (Å²) in [6.07, 6.45) is -2.47. The van der Waals surface area contributed by atoms with Gasteiger partial charge in [-0.15, -0.1) is 13.2 Å². The Kier molecular flexibility index (Phi) is 6.57. The summed E-state index contributed by atoms with van der Waals surface area (Å²) >= 11 is 0. The second-order valence-electron chi connectivity index (χ2n) is 7.13. The maximum Gasteiger partial charge on any atom is 0.573 e. The van der Waals surface area contributed by atoms with Gasteiger partial charge in [0.25, 0.3) is 0 Å². The number of ether oxygens (including phenoxy) is 2. The van der Waals surface area contributed by atoms with Gasteiger partial charge in [-0.05, 0) is 74.2 Å². The Morgan fingerprint density at radius 2 is 1.48 bits per heavy atom. The lowest BCUT2D eigenvalue weighted by atomic mass is 9.91. The summed E-state index contributed by atoms with van der Waals surface area (Å²) in [7, 11) is 0. The lowest BCUT2D eigenvalue weighted by molar-refractivity contribution is -0.274. The second kappa shape index (κ2) is 9.15. The van der Waals surface area contributed by atoms with Gasteiger partial charge in [0.15, 0.2) is 0 Å². The van der Waals surface area contributed by atoms with Gasteiger partial charge in [-0.2, -0.15) is 0 Å². The molecule has 0 saturated heterocycles. The van der Waals surface area contributed by atoms with Crippen molar-refractivity contribution in [2.24, 2.45) is 5.73 Å². The zero-order valence-electron chi connectivity index (χ0n) is 16.3. The van der Waals surface area contributed by atoms with E-state index >= 15 is 0 Å². The Morgan fingerprint density at radius 3 is 1.97 bits per heavy atom. The number of rotatable bonds is 6. The third-order valence-corrected chi connectivity index (χ3v) is 5.00. The molecule has 2 aromatic rings. The van der Waals surface area contributed by atoms with Gasteiger partial charge in [0.2, 0.25) is 0 Å². The van der Waals surface area contributed by atoms with E-state index in [4.69, 9.17) is 15.6 Å². The molecule has 0 bridgehead atoms. The summed E-state index contributed by atoms with van der Waals surface area (Å²) in [6.45, 7) is 0. The average Bonchev–Trinajstić information content (AvgIpc) is 2.70. The molecule has 0 spiro atoms. The van der Waals surface area contributed by atoms with Crippen molar-refractivity contribution in [3.63, 3.8) is 0 Å². The van der Waals surface area contributed by atoms with Crippen molar-refractivity contribution < 1.29 is 37.3 Å². The first-order chi connectivity index (χ1) is 14.6. The molecule has 1 saturated carbocycles. The normalized spacial score (nSPS) is 18.8. The van der Waals surface area contributed by atoms with Crippen molar-refractivity contribution in [3.05, 3.63) is 54.1 Å². The minimum Gasteiger partial charge on any atom is -0.490 e. The number of carbonyl (C=O) groups is 2. The van der Waals surface area contributed by atoms with Crippen LogP contribution >= 0.6 is 0 Å². The van der Waals surface area contributed by atoms with Gasteiger partial charge in [-0.1, -0.05) is 0 Å². The molecule has 2 aromatic carbocycles. The van der Waals surface area contributed by atoms with Crippen LogP contribution in [0.3, 0.4) is 0 Å². The zero-order chi connectivity index (χ0) is 22.6. The number of amides is 2. The van der Waals surface area contributed by atoms with Gasteiger partial charge in [-0.3, -0.25) is 4.90 Å². The standard InChI is InChI=1S/C21H21F3N2O5/c22-21(23,24)31-18-11-5-15(6-12-18)26(20(25)29)14-3-9-17(10-4-14)30-16-7-1-13(2-8-16)19(27)28/h1-2,5-8,11-12,14,17H,3-4,9-10H2,(H2,25,29)(H,27,28). The lowest BCUT2D eigenvalue weighted by Crippen LogP contribution is -2.46. The van der Waals surface area contributed by atoms with Crippen molar-refractivity contribution in [2.45, 2.75) is 44.2 Å². The van der Waals surface area contributed by atoms with E-state index in [-0.39, 0.29) is 23.5 Å². The first kappa shape index (κ1) is 22.3. The van der Waals surface area contributed by atoms with E-state index in [0.717, 1.165) is 12.1 Å². The highest BCUT2D eigenvalue weighted by Crippen LogP contribution is 2.31. The third-order valence-electron chi connectivity index (χ3n) is 5.00. The van der Waals surface area contributed by atoms with Gasteiger partial charge >= 0.3 is 18.4 Å². The fraction of sp³-hybridized carbons (Fsp3) is 0.333. The van der Waals surface area contributed by atoms with E-state index in [0.29, 0.717) is 37.1 Å². The van der Waals surface area contributed by atoms with Crippen LogP contribution in [0.2, 0.25) is 0 Å². The molecule has 1 aliphatic rings. The predicted molar refractivity (Wildman–Crippen MR) is 105 cm³/mol. The van der Waals surface area contributed by atoms with Crippen molar-refractivity contribution >= 4 is 17.7 Å². The molecular formula is C21H21F3N2O5. The SMILES string of the molecule is NC(=O)N(c1ccc(OC(F)(F)F)cc1)C1CCC(Oc2ccc(C(=O)O)cc2)CC1. The average molecular weight is 438 g/mol. The quantitative estimate of drug-likeness (QED) is 0.689. The highest BCUT2D eigenvalue weighted by Gasteiger charge is 2.32. The maximum absolute atomic E-state index is 12.3. The van der Waals surface area contributed by atoms with Crippen molar-refractivity contribution in [3.8, 4) is 11.5 Å². The van der Waals surface area contributed by atoms with Crippen molar-refractivity contribution in [2.75, 3.05) is 4.90 Å². The number of aromatic carboxylic acids is 1. The molecule has 10 heteroatoms. The molecule has 1 fully saturated rings. The molecule has 3 N–H and O–H groups in total. The molecule has 3 rings (SSSR count). The van der Waals surface area contributed by atoms with E-state index < -0.39 is 18.4 Å². The maximum atomic E-state index is 12.3. The molecule has 0 radical (unpaired) electrons. The number of halogens is 3. The first-order valence-corrected chi connectivity index (χ1v) is 9.57. The summed E-state index contributed by atoms with van der Waals surface area (Å²) < 4.78 is 46.7. The fourth-order valence-corrected chi connectivity index (χ4v) is 3.62. The van der Waals surface area contributed by atoms with Crippen LogP contribution in [0.4, 0.5) is 23.7 Å². The van der Waals surface area contributed by atoms with Crippen molar-refractivity contribution in [1.29, 1.82) is 0 Å². The molecule has 0 aromatic heterocycles. The van der Waals surface area contributed by atoms with Crippen LogP contribution in [0.25, 0.3) is 0 Å². The molecular weight excluding hydrogens is 417 g/mol. The van der Waals surface area contributed by atoms with E-state index in [2.05, 4.69) is 4.74 Å². The number of carboxylic acid groups (broad SMARTS) is 1. The number of urea groups is 1. The number of alkyl halides is 3. The van der Waals surface area contributed by atoms with E-state index in [1.54, 1.807) is 12.1 Å². The molecule has 1 aliphatic carbocycles. The number of primary amides is 1. The molecule has 0 aliphatic heterocycles. The van der Waals surface area contributed by atoms with Crippen LogP contribution in [-0.4, -0.2) is 35.6 Å². The van der Waals surface area contributed by atoms with Crippen LogP contribution in [-0.2, 0) is 0 Å². The van der Waals surface area contributed by atoms with Crippen LogP contribution in [0.1, 0.15) is 36.0 Å². The Morgan fingerprint density at radius 1 is 0.935 bits per heavy atom. The van der Waals surface area contributed by atoms with Crippen molar-refractivity contribution in [1.82, 2.24) is 0 Å². The largest absolute Gasteiger partial charge is 0.573 e. The van der Waals surface area contributed by atoms with Gasteiger partial charge in [0, 0.05) is 11.7 Å². The number of hydrogen-bond acceptors (Lipinski definition) is 4. The number of carbonyl (C=O) groups excluding carboxylic acids is 1. The number of benzene rings is 2. The highest BCUT2D eigenvalue weighted by atomic mass is 19.4. The number of anilines is 1. The first-order valence-electron chi connectivity index (χ1n) is 9.57. The highest BCUT2D eigenvalue weighted by molar-refractivity contribution is 5.91. The van der Waals surface area contributed by atoms with Crippen LogP contribution < -0.4 is 20.1 Å². The Balaban J connectivity index is 1.60. The Bertz CT molecular complexity index is 908. The van der Waals surface area contributed by atoms with Gasteiger partial charge < -0.3 is 20.3 Å². The fourth-order valence-electron chi connectivity index (χ4n) is 3.62. The van der Waals surface area contributed by atoms with Gasteiger partial charge in [0.05, 0.1) is 11.7 Å². The van der Waals surface area contributed by atoms with Crippen LogP contribution in [0.5, 0.6) is 11.5 Å². The lowest BCUT2D eigenvalue weighted by Gasteiger charge is -2.36. The molecule has 0 heterocycles. The summed E-state index contributed by atoms with van der Waals surface area (Å²) in [5.74, 6) is -0.844. The predicted octanol–water partition coefficient (Wildman–Crippen LogP) is 4.56. The summed E-state index contributed by atoms with van der Waals surface area (Å²) in [5, 5.41) is 8.94. The minimum absolute atomic E-state index is 0.107. The van der Waals surface area contributed by atoms with Gasteiger partial charge in [0.1, 0.15) is 11.5 Å². The topological polar surface area (TPSA) is 102 Å². The molecule has 0 atom stereocenters. The van der Waals surface area contributed by atoms with E-state index in [1.807, 2.05) is 0 Å². The molecule has 7 nitrogen and oxygen atoms in total. The zero-order valence-corrected chi connectivity index (χ0v) is 16.3. The summed E-state index contributed by atoms with van der Waals surface area (Å²) in [4.78, 5) is 24.3. The molecule has 166 valence electrons. The molecule has 31 heavy (non-hydrogen) atoms. The summed E-state index contributed by atoms with van der Waals surface area (Å²) in [5.41, 5.74) is 6.08. The number of hydrogen-bond donors (Lipinski definition) is 2. The van der Waals surface area contributed by atoms with E-state index in [9.17, 15) is 22.8 Å². The third kappa shape index (κ3) is 6.03. The molecule has 0 unspecified atom stereocenters. The minimum atomic E-state index is -4.79. The van der Waals surface area contributed by atoms with Crippen LogP contribution in [0, 0.1) is 0 Å². The van der Waals surface area contributed by atoms with E-state index in [1.165, 1.54) is 29.2 Å². The van der Waals surface area contributed by atoms with Crippen LogP contribution in [0.15, 0.2) is 48.5 Å². The molecule has 2 amide bonds. The monoisotopic (exact) mass is 438 g/mol.